The number of hydrogen-bond acceptors (Lipinski definition) is 5. The van der Waals surface area contributed by atoms with Crippen LogP contribution in [0.1, 0.15) is 11.1 Å². The van der Waals surface area contributed by atoms with E-state index in [-0.39, 0.29) is 36.0 Å². The molecule has 0 fully saturated rings. The van der Waals surface area contributed by atoms with E-state index in [1.54, 1.807) is 0 Å². The van der Waals surface area contributed by atoms with Crippen LogP contribution in [0.3, 0.4) is 0 Å². The van der Waals surface area contributed by atoms with E-state index in [1.807, 2.05) is 31.2 Å². The van der Waals surface area contributed by atoms with Gasteiger partial charge in [0.2, 0.25) is 15.9 Å². The minimum absolute atomic E-state index is 0.0232. The maximum absolute atomic E-state index is 12.1. The van der Waals surface area contributed by atoms with E-state index in [4.69, 9.17) is 0 Å². The molecule has 138 valence electrons. The Kier molecular flexibility index (Phi) is 6.42. The fourth-order valence-electron chi connectivity index (χ4n) is 2.30. The normalized spacial score (nSPS) is 11.1. The van der Waals surface area contributed by atoms with Crippen molar-refractivity contribution in [2.75, 3.05) is 13.1 Å². The molecule has 2 aromatic rings. The SMILES string of the molecule is Cc1cccc(CC(=O)NCCNS(=O)(=O)c2cccc([N+](=O)[O-])c2)c1. The van der Waals surface area contributed by atoms with Crippen LogP contribution in [0.2, 0.25) is 0 Å². The number of nitro benzene ring substituents is 1. The summed E-state index contributed by atoms with van der Waals surface area (Å²) in [6, 6.07) is 12.3. The van der Waals surface area contributed by atoms with Crippen molar-refractivity contribution in [1.29, 1.82) is 0 Å². The molecule has 0 radical (unpaired) electrons. The number of carbonyl (C=O) groups is 1. The summed E-state index contributed by atoms with van der Waals surface area (Å²) in [5, 5.41) is 13.4. The van der Waals surface area contributed by atoms with Gasteiger partial charge in [-0.25, -0.2) is 13.1 Å². The number of carbonyl (C=O) groups excluding carboxylic acids is 1. The topological polar surface area (TPSA) is 118 Å². The average Bonchev–Trinajstić information content (AvgIpc) is 2.59. The third-order valence-electron chi connectivity index (χ3n) is 3.53. The third kappa shape index (κ3) is 5.64. The lowest BCUT2D eigenvalue weighted by Crippen LogP contribution is -2.35. The van der Waals surface area contributed by atoms with E-state index in [0.717, 1.165) is 17.2 Å². The van der Waals surface area contributed by atoms with Crippen molar-refractivity contribution in [3.63, 3.8) is 0 Å². The number of hydrogen-bond donors (Lipinski definition) is 2. The summed E-state index contributed by atoms with van der Waals surface area (Å²) in [5.74, 6) is -0.217. The number of benzene rings is 2. The summed E-state index contributed by atoms with van der Waals surface area (Å²) in [5.41, 5.74) is 1.62. The van der Waals surface area contributed by atoms with Crippen LogP contribution in [0.15, 0.2) is 53.4 Å². The second kappa shape index (κ2) is 8.54. The molecule has 0 unspecified atom stereocenters. The van der Waals surface area contributed by atoms with Crippen LogP contribution in [0, 0.1) is 17.0 Å². The minimum Gasteiger partial charge on any atom is -0.355 e. The molecule has 0 aliphatic rings. The van der Waals surface area contributed by atoms with Gasteiger partial charge in [0, 0.05) is 25.2 Å². The fraction of sp³-hybridized carbons (Fsp3) is 0.235. The van der Waals surface area contributed by atoms with Gasteiger partial charge in [-0.3, -0.25) is 14.9 Å². The Morgan fingerprint density at radius 1 is 1.12 bits per heavy atom. The molecule has 2 rings (SSSR count). The minimum atomic E-state index is -3.88. The van der Waals surface area contributed by atoms with Gasteiger partial charge in [-0.05, 0) is 18.6 Å². The summed E-state index contributed by atoms with van der Waals surface area (Å²) >= 11 is 0. The van der Waals surface area contributed by atoms with Crippen molar-refractivity contribution in [3.8, 4) is 0 Å². The smallest absolute Gasteiger partial charge is 0.270 e. The molecule has 0 spiro atoms. The monoisotopic (exact) mass is 377 g/mol. The van der Waals surface area contributed by atoms with Gasteiger partial charge in [0.1, 0.15) is 0 Å². The lowest BCUT2D eigenvalue weighted by Gasteiger charge is -2.08. The zero-order valence-corrected chi connectivity index (χ0v) is 15.0. The van der Waals surface area contributed by atoms with E-state index in [2.05, 4.69) is 10.0 Å². The van der Waals surface area contributed by atoms with E-state index < -0.39 is 14.9 Å². The molecule has 0 aliphatic carbocycles. The molecule has 2 aromatic carbocycles. The third-order valence-corrected chi connectivity index (χ3v) is 4.98. The van der Waals surface area contributed by atoms with Gasteiger partial charge in [-0.15, -0.1) is 0 Å². The highest BCUT2D eigenvalue weighted by molar-refractivity contribution is 7.89. The van der Waals surface area contributed by atoms with Crippen LogP contribution in [0.25, 0.3) is 0 Å². The Labute approximate surface area is 151 Å². The Bertz CT molecular complexity index is 912. The predicted molar refractivity (Wildman–Crippen MR) is 96.2 cm³/mol. The molecule has 1 amide bonds. The van der Waals surface area contributed by atoms with Crippen molar-refractivity contribution < 1.29 is 18.1 Å². The van der Waals surface area contributed by atoms with Gasteiger partial charge in [0.15, 0.2) is 0 Å². The van der Waals surface area contributed by atoms with Crippen LogP contribution in [0.4, 0.5) is 5.69 Å². The van der Waals surface area contributed by atoms with E-state index >= 15 is 0 Å². The molecule has 2 N–H and O–H groups in total. The van der Waals surface area contributed by atoms with Crippen LogP contribution >= 0.6 is 0 Å². The summed E-state index contributed by atoms with van der Waals surface area (Å²) < 4.78 is 26.6. The molecule has 9 heteroatoms. The molecular weight excluding hydrogens is 358 g/mol. The van der Waals surface area contributed by atoms with Gasteiger partial charge in [-0.2, -0.15) is 0 Å². The highest BCUT2D eigenvalue weighted by Crippen LogP contribution is 2.16. The highest BCUT2D eigenvalue weighted by atomic mass is 32.2. The van der Waals surface area contributed by atoms with Gasteiger partial charge in [-0.1, -0.05) is 35.9 Å². The first-order chi connectivity index (χ1) is 12.3. The molecule has 8 nitrogen and oxygen atoms in total. The summed E-state index contributed by atoms with van der Waals surface area (Å²) in [7, 11) is -3.88. The Morgan fingerprint density at radius 2 is 1.85 bits per heavy atom. The fourth-order valence-corrected chi connectivity index (χ4v) is 3.38. The largest absolute Gasteiger partial charge is 0.355 e. The second-order valence-corrected chi connectivity index (χ2v) is 7.43. The number of non-ortho nitro benzene ring substituents is 1. The molecule has 0 saturated carbocycles. The molecule has 0 aliphatic heterocycles. The van der Waals surface area contributed by atoms with E-state index in [0.29, 0.717) is 0 Å². The van der Waals surface area contributed by atoms with Crippen LogP contribution in [-0.4, -0.2) is 32.3 Å². The first kappa shape index (κ1) is 19.5. The summed E-state index contributed by atoms with van der Waals surface area (Å²) in [4.78, 5) is 21.7. The maximum Gasteiger partial charge on any atom is 0.270 e. The number of aryl methyl sites for hydroxylation is 1. The molecule has 0 heterocycles. The molecule has 0 bridgehead atoms. The summed E-state index contributed by atoms with van der Waals surface area (Å²) in [6.07, 6.45) is 0.208. The molecule has 0 atom stereocenters. The number of rotatable bonds is 8. The molecular formula is C17H19N3O5S. The number of amides is 1. The summed E-state index contributed by atoms with van der Waals surface area (Å²) in [6.45, 7) is 2.02. The van der Waals surface area contributed by atoms with Crippen molar-refractivity contribution >= 4 is 21.6 Å². The van der Waals surface area contributed by atoms with Crippen molar-refractivity contribution in [2.45, 2.75) is 18.2 Å². The Balaban J connectivity index is 1.84. The first-order valence-electron chi connectivity index (χ1n) is 7.84. The number of nitrogens with one attached hydrogen (secondary N) is 2. The second-order valence-electron chi connectivity index (χ2n) is 5.67. The Hall–Kier alpha value is -2.78. The highest BCUT2D eigenvalue weighted by Gasteiger charge is 2.17. The van der Waals surface area contributed by atoms with Crippen molar-refractivity contribution in [3.05, 3.63) is 69.8 Å². The van der Waals surface area contributed by atoms with Gasteiger partial charge < -0.3 is 5.32 Å². The molecule has 0 saturated heterocycles. The zero-order chi connectivity index (χ0) is 19.2. The van der Waals surface area contributed by atoms with Gasteiger partial charge >= 0.3 is 0 Å². The predicted octanol–water partition coefficient (Wildman–Crippen LogP) is 1.54. The quantitative estimate of drug-likeness (QED) is 0.411. The van der Waals surface area contributed by atoms with Crippen LogP contribution in [-0.2, 0) is 21.2 Å². The van der Waals surface area contributed by atoms with Gasteiger partial charge in [0.05, 0.1) is 16.2 Å². The van der Waals surface area contributed by atoms with Gasteiger partial charge in [0.25, 0.3) is 5.69 Å². The number of sulfonamides is 1. The molecule has 0 aromatic heterocycles. The first-order valence-corrected chi connectivity index (χ1v) is 9.32. The standard InChI is InChI=1S/C17H19N3O5S/c1-13-4-2-5-14(10-13)11-17(21)18-8-9-19-26(24,25)16-7-3-6-15(12-16)20(22)23/h2-7,10,12,19H,8-9,11H2,1H3,(H,18,21). The van der Waals surface area contributed by atoms with E-state index in [1.165, 1.54) is 18.2 Å². The zero-order valence-electron chi connectivity index (χ0n) is 14.1. The Morgan fingerprint density at radius 3 is 2.54 bits per heavy atom. The van der Waals surface area contributed by atoms with Crippen molar-refractivity contribution in [1.82, 2.24) is 10.0 Å². The maximum atomic E-state index is 12.1. The lowest BCUT2D eigenvalue weighted by atomic mass is 10.1. The average molecular weight is 377 g/mol. The van der Waals surface area contributed by atoms with Crippen LogP contribution in [0.5, 0.6) is 0 Å². The molecule has 26 heavy (non-hydrogen) atoms. The van der Waals surface area contributed by atoms with Crippen LogP contribution < -0.4 is 10.0 Å². The number of nitrogens with zero attached hydrogens (tertiary/aromatic N) is 1. The lowest BCUT2D eigenvalue weighted by molar-refractivity contribution is -0.385. The van der Waals surface area contributed by atoms with E-state index in [9.17, 15) is 23.3 Å². The number of nitro groups is 1. The van der Waals surface area contributed by atoms with Crippen molar-refractivity contribution in [2.24, 2.45) is 0 Å².